The van der Waals surface area contributed by atoms with Crippen LogP contribution >= 0.6 is 34.8 Å². The van der Waals surface area contributed by atoms with Crippen molar-refractivity contribution in [2.24, 2.45) is 5.73 Å². The SMILES string of the molecule is Cc1nn(-c2cccc(Cl)c2)c2c1[C@H](c1ccc(Cl)c(Cl)c1)C(C#N)=C(N)O2. The van der Waals surface area contributed by atoms with Crippen LogP contribution in [0, 0.1) is 18.3 Å². The lowest BCUT2D eigenvalue weighted by atomic mass is 9.84. The van der Waals surface area contributed by atoms with Crippen molar-refractivity contribution in [2.75, 3.05) is 0 Å². The largest absolute Gasteiger partial charge is 0.422 e. The Kier molecular flexibility index (Phi) is 4.72. The molecule has 0 radical (unpaired) electrons. The maximum absolute atomic E-state index is 9.72. The first-order chi connectivity index (χ1) is 13.4. The summed E-state index contributed by atoms with van der Waals surface area (Å²) in [5, 5.41) is 15.7. The van der Waals surface area contributed by atoms with Crippen LogP contribution < -0.4 is 10.5 Å². The Balaban J connectivity index is 1.96. The zero-order valence-electron chi connectivity index (χ0n) is 14.6. The number of halogens is 3. The molecular weight excluding hydrogens is 419 g/mol. The van der Waals surface area contributed by atoms with Gasteiger partial charge < -0.3 is 10.5 Å². The lowest BCUT2D eigenvalue weighted by molar-refractivity contribution is 0.367. The molecule has 1 atom stereocenters. The van der Waals surface area contributed by atoms with Gasteiger partial charge in [-0.3, -0.25) is 0 Å². The summed E-state index contributed by atoms with van der Waals surface area (Å²) >= 11 is 18.4. The van der Waals surface area contributed by atoms with Crippen molar-refractivity contribution >= 4 is 34.8 Å². The first-order valence-corrected chi connectivity index (χ1v) is 9.42. The molecule has 0 aliphatic carbocycles. The number of hydrogen-bond donors (Lipinski definition) is 1. The predicted octanol–water partition coefficient (Wildman–Crippen LogP) is 5.36. The van der Waals surface area contributed by atoms with E-state index in [4.69, 9.17) is 45.3 Å². The molecule has 0 bridgehead atoms. The van der Waals surface area contributed by atoms with Crippen molar-refractivity contribution in [2.45, 2.75) is 12.8 Å². The maximum atomic E-state index is 9.72. The highest BCUT2D eigenvalue weighted by molar-refractivity contribution is 6.42. The monoisotopic (exact) mass is 430 g/mol. The molecule has 0 amide bonds. The lowest BCUT2D eigenvalue weighted by Gasteiger charge is -2.25. The van der Waals surface area contributed by atoms with Crippen LogP contribution in [-0.2, 0) is 0 Å². The zero-order chi connectivity index (χ0) is 20.0. The molecular formula is C20H13Cl3N4O. The molecule has 140 valence electrons. The topological polar surface area (TPSA) is 76.9 Å². The fraction of sp³-hybridized carbons (Fsp3) is 0.100. The van der Waals surface area contributed by atoms with Gasteiger partial charge in [0.15, 0.2) is 0 Å². The molecule has 0 fully saturated rings. The highest BCUT2D eigenvalue weighted by Gasteiger charge is 2.36. The van der Waals surface area contributed by atoms with Crippen LogP contribution in [0.4, 0.5) is 0 Å². The van der Waals surface area contributed by atoms with Gasteiger partial charge >= 0.3 is 0 Å². The van der Waals surface area contributed by atoms with Crippen LogP contribution in [0.25, 0.3) is 5.69 Å². The molecule has 2 N–H and O–H groups in total. The molecule has 3 aromatic rings. The number of nitrogens with two attached hydrogens (primary N) is 1. The van der Waals surface area contributed by atoms with Crippen molar-refractivity contribution in [3.05, 3.63) is 85.8 Å². The molecule has 1 aromatic heterocycles. The molecule has 0 saturated carbocycles. The Morgan fingerprint density at radius 1 is 1.14 bits per heavy atom. The van der Waals surface area contributed by atoms with Crippen molar-refractivity contribution in [3.8, 4) is 17.6 Å². The number of nitriles is 1. The van der Waals surface area contributed by atoms with Gasteiger partial charge in [-0.05, 0) is 42.8 Å². The number of hydrogen-bond acceptors (Lipinski definition) is 4. The fourth-order valence-electron chi connectivity index (χ4n) is 3.32. The molecule has 1 aliphatic rings. The highest BCUT2D eigenvalue weighted by Crippen LogP contribution is 2.45. The van der Waals surface area contributed by atoms with Gasteiger partial charge in [0.2, 0.25) is 11.8 Å². The van der Waals surface area contributed by atoms with E-state index in [1.54, 1.807) is 28.9 Å². The first-order valence-electron chi connectivity index (χ1n) is 8.28. The van der Waals surface area contributed by atoms with Crippen LogP contribution in [0.15, 0.2) is 53.9 Å². The number of aryl methyl sites for hydroxylation is 1. The predicted molar refractivity (Wildman–Crippen MR) is 109 cm³/mol. The molecule has 8 heteroatoms. The lowest BCUT2D eigenvalue weighted by Crippen LogP contribution is -2.22. The quantitative estimate of drug-likeness (QED) is 0.592. The van der Waals surface area contributed by atoms with E-state index in [-0.39, 0.29) is 5.88 Å². The van der Waals surface area contributed by atoms with Gasteiger partial charge in [0, 0.05) is 5.02 Å². The van der Waals surface area contributed by atoms with Crippen LogP contribution in [0.3, 0.4) is 0 Å². The Hall–Kier alpha value is -2.65. The Bertz CT molecular complexity index is 1180. The van der Waals surface area contributed by atoms with Gasteiger partial charge in [-0.15, -0.1) is 0 Å². The molecule has 1 aliphatic heterocycles. The number of fused-ring (bicyclic) bond motifs is 1. The van der Waals surface area contributed by atoms with Crippen LogP contribution in [0.2, 0.25) is 15.1 Å². The molecule has 0 unspecified atom stereocenters. The molecule has 4 rings (SSSR count). The van der Waals surface area contributed by atoms with E-state index in [0.29, 0.717) is 32.2 Å². The second-order valence-corrected chi connectivity index (χ2v) is 7.55. The summed E-state index contributed by atoms with van der Waals surface area (Å²) in [6.45, 7) is 1.85. The molecule has 0 saturated heterocycles. The first kappa shape index (κ1) is 18.7. The van der Waals surface area contributed by atoms with Gasteiger partial charge in [-0.2, -0.15) is 10.4 Å². The standard InChI is InChI=1S/C20H13Cl3N4O/c1-10-17-18(11-5-6-15(22)16(23)7-11)14(9-24)19(25)28-20(17)27(26-10)13-4-2-3-12(21)8-13/h2-8,18H,25H2,1H3/t18-/m1/s1. The second kappa shape index (κ2) is 7.06. The van der Waals surface area contributed by atoms with E-state index in [2.05, 4.69) is 11.2 Å². The highest BCUT2D eigenvalue weighted by atomic mass is 35.5. The average molecular weight is 432 g/mol. The van der Waals surface area contributed by atoms with E-state index in [9.17, 15) is 5.26 Å². The van der Waals surface area contributed by atoms with Gasteiger partial charge in [0.1, 0.15) is 11.6 Å². The van der Waals surface area contributed by atoms with Crippen LogP contribution in [-0.4, -0.2) is 9.78 Å². The minimum Gasteiger partial charge on any atom is -0.422 e. The van der Waals surface area contributed by atoms with Crippen molar-refractivity contribution in [3.63, 3.8) is 0 Å². The number of nitrogens with zero attached hydrogens (tertiary/aromatic N) is 3. The summed E-state index contributed by atoms with van der Waals surface area (Å²) in [6.07, 6.45) is 0. The third-order valence-corrected chi connectivity index (χ3v) is 5.54. The van der Waals surface area contributed by atoms with Crippen LogP contribution in [0.5, 0.6) is 5.88 Å². The normalized spacial score (nSPS) is 15.8. The number of allylic oxidation sites excluding steroid dienone is 1. The third kappa shape index (κ3) is 3.00. The summed E-state index contributed by atoms with van der Waals surface area (Å²) in [6, 6.07) is 14.6. The van der Waals surface area contributed by atoms with Gasteiger partial charge in [0.25, 0.3) is 0 Å². The minimum absolute atomic E-state index is 0.0225. The molecule has 28 heavy (non-hydrogen) atoms. The van der Waals surface area contributed by atoms with E-state index < -0.39 is 5.92 Å². The molecule has 2 aromatic carbocycles. The van der Waals surface area contributed by atoms with E-state index in [1.807, 2.05) is 25.1 Å². The Labute approximate surface area is 176 Å². The average Bonchev–Trinajstić information content (AvgIpc) is 2.99. The number of aromatic nitrogens is 2. The van der Waals surface area contributed by atoms with E-state index in [1.165, 1.54) is 0 Å². The Morgan fingerprint density at radius 3 is 2.61 bits per heavy atom. The number of benzene rings is 2. The van der Waals surface area contributed by atoms with Crippen molar-refractivity contribution in [1.82, 2.24) is 9.78 Å². The van der Waals surface area contributed by atoms with Gasteiger partial charge in [-0.25, -0.2) is 4.68 Å². The van der Waals surface area contributed by atoms with Gasteiger partial charge in [0.05, 0.1) is 32.9 Å². The smallest absolute Gasteiger partial charge is 0.229 e. The summed E-state index contributed by atoms with van der Waals surface area (Å²) in [5.41, 5.74) is 9.32. The Morgan fingerprint density at radius 2 is 1.93 bits per heavy atom. The van der Waals surface area contributed by atoms with Gasteiger partial charge in [-0.1, -0.05) is 46.9 Å². The van der Waals surface area contributed by atoms with E-state index in [0.717, 1.165) is 16.8 Å². The maximum Gasteiger partial charge on any atom is 0.229 e. The fourth-order valence-corrected chi connectivity index (χ4v) is 3.81. The van der Waals surface area contributed by atoms with Crippen molar-refractivity contribution in [1.29, 1.82) is 5.26 Å². The number of rotatable bonds is 2. The molecule has 2 heterocycles. The summed E-state index contributed by atoms with van der Waals surface area (Å²) in [5.74, 6) is -0.0157. The molecule has 0 spiro atoms. The van der Waals surface area contributed by atoms with Crippen molar-refractivity contribution < 1.29 is 4.74 Å². The zero-order valence-corrected chi connectivity index (χ0v) is 16.8. The molecule has 5 nitrogen and oxygen atoms in total. The number of ether oxygens (including phenoxy) is 1. The second-order valence-electron chi connectivity index (χ2n) is 6.29. The summed E-state index contributed by atoms with van der Waals surface area (Å²) < 4.78 is 7.45. The summed E-state index contributed by atoms with van der Waals surface area (Å²) in [4.78, 5) is 0. The van der Waals surface area contributed by atoms with E-state index >= 15 is 0 Å². The third-order valence-electron chi connectivity index (χ3n) is 4.56. The minimum atomic E-state index is -0.476. The van der Waals surface area contributed by atoms with Crippen LogP contribution in [0.1, 0.15) is 22.7 Å². The summed E-state index contributed by atoms with van der Waals surface area (Å²) in [7, 11) is 0.